The van der Waals surface area contributed by atoms with E-state index in [4.69, 9.17) is 9.40 Å². The minimum absolute atomic E-state index is 0. The molecule has 0 aliphatic carbocycles. The van der Waals surface area contributed by atoms with Crippen molar-refractivity contribution in [2.75, 3.05) is 0 Å². The summed E-state index contributed by atoms with van der Waals surface area (Å²) >= 11 is 0. The summed E-state index contributed by atoms with van der Waals surface area (Å²) in [6, 6.07) is 65.3. The molecule has 5 nitrogen and oxygen atoms in total. The molecule has 8 aromatic carbocycles. The van der Waals surface area contributed by atoms with Crippen molar-refractivity contribution in [2.45, 2.75) is 125 Å². The van der Waals surface area contributed by atoms with Crippen molar-refractivity contribution in [3.8, 4) is 61.8 Å². The summed E-state index contributed by atoms with van der Waals surface area (Å²) in [5.74, 6) is 3.40. The fraction of sp³-hybridized carbons (Fsp3) is 0.264. The van der Waals surface area contributed by atoms with Crippen LogP contribution in [0.3, 0.4) is 0 Å². The summed E-state index contributed by atoms with van der Waals surface area (Å²) in [7, 11) is 0. The van der Waals surface area contributed by atoms with Crippen LogP contribution >= 0.6 is 0 Å². The predicted octanol–water partition coefficient (Wildman–Crippen LogP) is 20.2. The number of hydrogen-bond acceptors (Lipinski definition) is 4. The van der Waals surface area contributed by atoms with Gasteiger partial charge in [0.25, 0.3) is 0 Å². The average Bonchev–Trinajstić information content (AvgIpc) is 4.24. The Morgan fingerprint density at radius 2 is 1.10 bits per heavy atom. The molecule has 0 atom stereocenters. The van der Waals surface area contributed by atoms with Gasteiger partial charge in [0.05, 0.1) is 28.3 Å². The fourth-order valence-corrected chi connectivity index (χ4v) is 10.7. The molecular formula is C72H72IrN4O-2. The molecule has 0 fully saturated rings. The van der Waals surface area contributed by atoms with Gasteiger partial charge in [0.1, 0.15) is 5.58 Å². The monoisotopic (exact) mass is 1200 g/mol. The second-order valence-electron chi connectivity index (χ2n) is 23.3. The standard InChI is InChI=1S/C58H57N2O.C14H15N2.Ir/c1-34(2)43-29-48(35(3)4)55(49(30-43)36(5)6)41-25-23-40(24-26-41)44-31-50(37(7)8)56(51(32-44)38(9)10)60-53-22-15-14-21-52(53)59-58(60)47-20-16-19-46-45-28-27-42(33-54(45)61-57(46)47)39-17-12-11-13-18-39;1-14(2,3)12-9-10-15-13(16-12)11-7-5-4-6-8-11;/h11-19,21-38H,1-10H3;4-7,9-10H,1-3H3;/q2*-1;. The number of aromatic nitrogens is 4. The second-order valence-corrected chi connectivity index (χ2v) is 23.3. The van der Waals surface area contributed by atoms with Crippen LogP contribution in [-0.4, -0.2) is 19.5 Å². The smallest absolute Gasteiger partial charge is 0.121 e. The zero-order chi connectivity index (χ0) is 54.3. The first-order valence-electron chi connectivity index (χ1n) is 27.6. The van der Waals surface area contributed by atoms with E-state index in [1.807, 2.05) is 42.6 Å². The summed E-state index contributed by atoms with van der Waals surface area (Å²) in [6.45, 7) is 29.6. The number of imidazole rings is 1. The van der Waals surface area contributed by atoms with Crippen LogP contribution in [0.1, 0.15) is 153 Å². The van der Waals surface area contributed by atoms with Crippen molar-refractivity contribution < 1.29 is 24.5 Å². The number of furan rings is 1. The third kappa shape index (κ3) is 11.1. The van der Waals surface area contributed by atoms with Crippen LogP contribution in [0.5, 0.6) is 0 Å². The zero-order valence-corrected chi connectivity index (χ0v) is 50.0. The van der Waals surface area contributed by atoms with E-state index < -0.39 is 0 Å². The summed E-state index contributed by atoms with van der Waals surface area (Å²) in [5, 5.41) is 2.15. The van der Waals surface area contributed by atoms with Crippen LogP contribution < -0.4 is 0 Å². The van der Waals surface area contributed by atoms with Gasteiger partial charge in [0.2, 0.25) is 0 Å². The maximum Gasteiger partial charge on any atom is 0.121 e. The number of nitrogens with zero attached hydrogens (tertiary/aromatic N) is 4. The number of benzene rings is 8. The van der Waals surface area contributed by atoms with E-state index in [1.165, 1.54) is 55.8 Å². The molecule has 6 heteroatoms. The Bertz CT molecular complexity index is 3810. The quantitative estimate of drug-likeness (QED) is 0.121. The molecular weight excluding hydrogens is 1130 g/mol. The molecule has 3 aromatic heterocycles. The molecule has 3 heterocycles. The average molecular weight is 1200 g/mol. The molecule has 78 heavy (non-hydrogen) atoms. The van der Waals surface area contributed by atoms with Crippen LogP contribution in [0, 0.1) is 12.1 Å². The molecule has 11 aromatic rings. The molecule has 0 unspecified atom stereocenters. The van der Waals surface area contributed by atoms with Gasteiger partial charge in [-0.05, 0) is 127 Å². The van der Waals surface area contributed by atoms with Crippen LogP contribution in [0.15, 0.2) is 174 Å². The Balaban J connectivity index is 0.000000373. The van der Waals surface area contributed by atoms with Crippen LogP contribution in [0.4, 0.5) is 0 Å². The molecule has 0 amide bonds. The van der Waals surface area contributed by atoms with Gasteiger partial charge in [-0.15, -0.1) is 54.1 Å². The Labute approximate surface area is 476 Å². The van der Waals surface area contributed by atoms with Crippen molar-refractivity contribution >= 4 is 33.0 Å². The SMILES string of the molecule is CC(C)(C)c1ccnc(-c2[c-]cccc2)n1.CC(C)c1cc(C(C)C)c(-c2ccc(-c3cc(C(C)C)c(-n4c(-c5[c-]ccc6c5oc5cc(-c7ccccc7)ccc56)nc5ccccc54)c(C(C)C)c3)cc2)c(C(C)C)c1.[Ir]. The molecule has 0 bridgehead atoms. The Hall–Kier alpha value is -7.24. The van der Waals surface area contributed by atoms with E-state index in [1.54, 1.807) is 0 Å². The van der Waals surface area contributed by atoms with Crippen molar-refractivity contribution in [3.05, 3.63) is 216 Å². The number of rotatable bonds is 11. The van der Waals surface area contributed by atoms with Gasteiger partial charge < -0.3 is 8.98 Å². The first-order valence-corrected chi connectivity index (χ1v) is 27.6. The molecule has 0 aliphatic rings. The van der Waals surface area contributed by atoms with Crippen LogP contribution in [0.25, 0.3) is 94.8 Å². The Morgan fingerprint density at radius 1 is 0.500 bits per heavy atom. The summed E-state index contributed by atoms with van der Waals surface area (Å²) in [4.78, 5) is 14.2. The Morgan fingerprint density at radius 3 is 1.72 bits per heavy atom. The van der Waals surface area contributed by atoms with E-state index in [2.05, 4.69) is 244 Å². The van der Waals surface area contributed by atoms with Crippen molar-refractivity contribution in [1.29, 1.82) is 0 Å². The van der Waals surface area contributed by atoms with Crippen LogP contribution in [0.2, 0.25) is 0 Å². The molecule has 397 valence electrons. The largest absolute Gasteiger partial charge is 0.501 e. The number of para-hydroxylation sites is 2. The van der Waals surface area contributed by atoms with Gasteiger partial charge in [0.15, 0.2) is 0 Å². The topological polar surface area (TPSA) is 56.7 Å². The van der Waals surface area contributed by atoms with Crippen molar-refractivity contribution in [1.82, 2.24) is 19.5 Å². The second kappa shape index (κ2) is 23.0. The van der Waals surface area contributed by atoms with E-state index in [0.29, 0.717) is 17.8 Å². The molecule has 0 aliphatic heterocycles. The summed E-state index contributed by atoms with van der Waals surface area (Å²) in [6.07, 6.45) is 1.81. The van der Waals surface area contributed by atoms with E-state index in [-0.39, 0.29) is 37.4 Å². The van der Waals surface area contributed by atoms with Gasteiger partial charge in [-0.1, -0.05) is 192 Å². The normalized spacial score (nSPS) is 11.9. The third-order valence-corrected chi connectivity index (χ3v) is 15.0. The molecule has 1 radical (unpaired) electrons. The predicted molar refractivity (Wildman–Crippen MR) is 324 cm³/mol. The van der Waals surface area contributed by atoms with Crippen molar-refractivity contribution in [3.63, 3.8) is 0 Å². The minimum Gasteiger partial charge on any atom is -0.501 e. The van der Waals surface area contributed by atoms with E-state index >= 15 is 0 Å². The molecule has 0 saturated carbocycles. The Kier molecular flexibility index (Phi) is 16.4. The summed E-state index contributed by atoms with van der Waals surface area (Å²) < 4.78 is 9.22. The third-order valence-electron chi connectivity index (χ3n) is 15.0. The molecule has 11 rings (SSSR count). The number of fused-ring (bicyclic) bond motifs is 4. The van der Waals surface area contributed by atoms with Gasteiger partial charge in [0, 0.05) is 48.5 Å². The minimum atomic E-state index is 0. The van der Waals surface area contributed by atoms with Gasteiger partial charge in [-0.3, -0.25) is 15.0 Å². The van der Waals surface area contributed by atoms with Crippen LogP contribution in [-0.2, 0) is 25.5 Å². The van der Waals surface area contributed by atoms with Gasteiger partial charge >= 0.3 is 0 Å². The van der Waals surface area contributed by atoms with Gasteiger partial charge in [-0.25, -0.2) is 0 Å². The first-order chi connectivity index (χ1) is 37.0. The molecule has 0 N–H and O–H groups in total. The maximum absolute atomic E-state index is 6.83. The van der Waals surface area contributed by atoms with Gasteiger partial charge in [-0.2, -0.15) is 0 Å². The van der Waals surface area contributed by atoms with E-state index in [9.17, 15) is 0 Å². The molecule has 0 spiro atoms. The zero-order valence-electron chi connectivity index (χ0n) is 47.6. The van der Waals surface area contributed by atoms with Crippen molar-refractivity contribution in [2.24, 2.45) is 0 Å². The summed E-state index contributed by atoms with van der Waals surface area (Å²) in [5.41, 5.74) is 22.1. The fourth-order valence-electron chi connectivity index (χ4n) is 10.7. The maximum atomic E-state index is 6.83. The molecule has 0 saturated heterocycles. The first kappa shape index (κ1) is 55.5. The number of hydrogen-bond donors (Lipinski definition) is 0. The van der Waals surface area contributed by atoms with E-state index in [0.717, 1.165) is 72.6 Å².